The van der Waals surface area contributed by atoms with Gasteiger partial charge >= 0.3 is 0 Å². The maximum Gasteiger partial charge on any atom is 0.262 e. The molecule has 2 aromatic carbocycles. The predicted octanol–water partition coefficient (Wildman–Crippen LogP) is 4.38. The van der Waals surface area contributed by atoms with Crippen molar-refractivity contribution in [1.29, 1.82) is 0 Å². The van der Waals surface area contributed by atoms with Gasteiger partial charge in [-0.05, 0) is 42.7 Å². The molecule has 2 heterocycles. The number of fused-ring (bicyclic) bond motifs is 1. The molecule has 2 aromatic heterocycles. The Morgan fingerprint density at radius 3 is 2.64 bits per heavy atom. The lowest BCUT2D eigenvalue weighted by atomic mass is 10.1. The molecule has 0 unspecified atom stereocenters. The molecule has 140 valence electrons. The van der Waals surface area contributed by atoms with E-state index in [4.69, 9.17) is 0 Å². The second kappa shape index (κ2) is 7.40. The fourth-order valence-corrected chi connectivity index (χ4v) is 4.36. The Hall–Kier alpha value is -3.25. The van der Waals surface area contributed by atoms with Crippen molar-refractivity contribution >= 4 is 33.1 Å². The van der Waals surface area contributed by atoms with Crippen LogP contribution in [0.5, 0.6) is 0 Å². The Bertz CT molecular complexity index is 1230. The van der Waals surface area contributed by atoms with Crippen LogP contribution in [0.2, 0.25) is 0 Å². The number of nitrogens with one attached hydrogen (secondary N) is 1. The minimum atomic E-state index is -0.259. The molecule has 1 N–H and O–H groups in total. The van der Waals surface area contributed by atoms with Gasteiger partial charge in [0, 0.05) is 10.6 Å². The highest BCUT2D eigenvalue weighted by molar-refractivity contribution is 7.22. The third-order valence-corrected chi connectivity index (χ3v) is 5.82. The topological polar surface area (TPSA) is 64.0 Å². The quantitative estimate of drug-likeness (QED) is 0.563. The van der Waals surface area contributed by atoms with Gasteiger partial charge in [-0.25, -0.2) is 4.98 Å². The van der Waals surface area contributed by atoms with Gasteiger partial charge in [0.15, 0.2) is 0 Å². The van der Waals surface area contributed by atoms with Crippen LogP contribution in [0.1, 0.15) is 11.1 Å². The fraction of sp³-hybridized carbons (Fsp3) is 0.136. The molecule has 0 spiro atoms. The van der Waals surface area contributed by atoms with Crippen molar-refractivity contribution in [2.45, 2.75) is 20.4 Å². The molecule has 0 aliphatic rings. The van der Waals surface area contributed by atoms with E-state index in [1.165, 1.54) is 22.2 Å². The number of carbonyl (C=O) groups excluding carboxylic acids is 1. The van der Waals surface area contributed by atoms with Crippen molar-refractivity contribution in [2.75, 3.05) is 5.32 Å². The molecule has 0 atom stereocenters. The van der Waals surface area contributed by atoms with Gasteiger partial charge in [0.25, 0.3) is 5.56 Å². The summed E-state index contributed by atoms with van der Waals surface area (Å²) in [6, 6.07) is 17.5. The van der Waals surface area contributed by atoms with E-state index in [9.17, 15) is 9.59 Å². The number of aromatic nitrogens is 2. The first-order valence-corrected chi connectivity index (χ1v) is 9.75. The monoisotopic (exact) mass is 389 g/mol. The van der Waals surface area contributed by atoms with Crippen LogP contribution in [-0.4, -0.2) is 15.5 Å². The molecule has 0 aliphatic heterocycles. The number of nitrogens with zero attached hydrogens (tertiary/aromatic N) is 2. The maximum absolute atomic E-state index is 13.0. The molecule has 0 saturated heterocycles. The van der Waals surface area contributed by atoms with Crippen molar-refractivity contribution in [3.8, 4) is 10.4 Å². The van der Waals surface area contributed by atoms with Crippen molar-refractivity contribution in [3.05, 3.63) is 82.4 Å². The predicted molar refractivity (Wildman–Crippen MR) is 114 cm³/mol. The Balaban J connectivity index is 1.65. The van der Waals surface area contributed by atoms with Crippen molar-refractivity contribution in [2.24, 2.45) is 0 Å². The largest absolute Gasteiger partial charge is 0.325 e. The van der Waals surface area contributed by atoms with E-state index < -0.39 is 0 Å². The third kappa shape index (κ3) is 3.46. The zero-order valence-corrected chi connectivity index (χ0v) is 16.4. The fourth-order valence-electron chi connectivity index (χ4n) is 3.21. The number of carbonyl (C=O) groups is 1. The van der Waals surface area contributed by atoms with Gasteiger partial charge in [0.1, 0.15) is 11.4 Å². The number of aryl methyl sites for hydroxylation is 2. The molecule has 4 rings (SSSR count). The average Bonchev–Trinajstić information content (AvgIpc) is 3.02. The van der Waals surface area contributed by atoms with Gasteiger partial charge in [0.05, 0.1) is 11.7 Å². The molecule has 4 aromatic rings. The molecule has 0 bridgehead atoms. The van der Waals surface area contributed by atoms with Crippen LogP contribution < -0.4 is 10.9 Å². The molecular formula is C22H19N3O2S. The number of hydrogen-bond acceptors (Lipinski definition) is 4. The van der Waals surface area contributed by atoms with Crippen LogP contribution in [0, 0.1) is 13.8 Å². The number of thiophene rings is 1. The number of rotatable bonds is 4. The molecule has 1 amide bonds. The molecule has 0 saturated carbocycles. The van der Waals surface area contributed by atoms with Gasteiger partial charge in [0.2, 0.25) is 5.91 Å². The first-order valence-electron chi connectivity index (χ1n) is 8.93. The second-order valence-electron chi connectivity index (χ2n) is 6.70. The first-order chi connectivity index (χ1) is 13.5. The highest BCUT2D eigenvalue weighted by Gasteiger charge is 2.16. The molecular weight excluding hydrogens is 370 g/mol. The summed E-state index contributed by atoms with van der Waals surface area (Å²) in [7, 11) is 0. The van der Waals surface area contributed by atoms with Gasteiger partial charge in [-0.3, -0.25) is 14.2 Å². The lowest BCUT2D eigenvalue weighted by Crippen LogP contribution is -2.27. The highest BCUT2D eigenvalue weighted by Crippen LogP contribution is 2.35. The Kier molecular flexibility index (Phi) is 4.79. The Labute approximate surface area is 166 Å². The minimum absolute atomic E-state index is 0.0777. The molecule has 0 radical (unpaired) electrons. The zero-order chi connectivity index (χ0) is 19.7. The van der Waals surface area contributed by atoms with E-state index in [1.807, 2.05) is 68.4 Å². The van der Waals surface area contributed by atoms with Crippen LogP contribution in [0.3, 0.4) is 0 Å². The first kappa shape index (κ1) is 18.1. The van der Waals surface area contributed by atoms with E-state index >= 15 is 0 Å². The summed E-state index contributed by atoms with van der Waals surface area (Å²) in [4.78, 5) is 31.5. The SMILES string of the molecule is Cc1cccc(NC(=O)Cn2cnc3sc(-c4ccccc4)c(C)c3c2=O)c1. The summed E-state index contributed by atoms with van der Waals surface area (Å²) < 4.78 is 1.36. The highest BCUT2D eigenvalue weighted by atomic mass is 32.1. The second-order valence-corrected chi connectivity index (χ2v) is 7.70. The molecule has 28 heavy (non-hydrogen) atoms. The summed E-state index contributed by atoms with van der Waals surface area (Å²) in [6.07, 6.45) is 1.45. The van der Waals surface area contributed by atoms with Crippen LogP contribution in [-0.2, 0) is 11.3 Å². The van der Waals surface area contributed by atoms with Crippen LogP contribution in [0.15, 0.2) is 65.7 Å². The van der Waals surface area contributed by atoms with E-state index in [2.05, 4.69) is 10.3 Å². The van der Waals surface area contributed by atoms with Crippen LogP contribution >= 0.6 is 11.3 Å². The maximum atomic E-state index is 13.0. The van der Waals surface area contributed by atoms with Gasteiger partial charge in [-0.15, -0.1) is 11.3 Å². The summed E-state index contributed by atoms with van der Waals surface area (Å²) in [6.45, 7) is 3.81. The van der Waals surface area contributed by atoms with Crippen LogP contribution in [0.4, 0.5) is 5.69 Å². The van der Waals surface area contributed by atoms with Gasteiger partial charge in [-0.2, -0.15) is 0 Å². The van der Waals surface area contributed by atoms with Crippen molar-refractivity contribution in [3.63, 3.8) is 0 Å². The summed E-state index contributed by atoms with van der Waals surface area (Å²) >= 11 is 1.50. The standard InChI is InChI=1S/C22H19N3O2S/c1-14-7-6-10-17(11-14)24-18(26)12-25-13-23-21-19(22(25)27)15(2)20(28-21)16-8-4-3-5-9-16/h3-11,13H,12H2,1-2H3,(H,24,26). The van der Waals surface area contributed by atoms with Gasteiger partial charge < -0.3 is 5.32 Å². The normalized spacial score (nSPS) is 10.9. The number of benzene rings is 2. The smallest absolute Gasteiger partial charge is 0.262 e. The molecule has 6 heteroatoms. The van der Waals surface area contributed by atoms with E-state index in [0.29, 0.717) is 15.9 Å². The molecule has 5 nitrogen and oxygen atoms in total. The summed E-state index contributed by atoms with van der Waals surface area (Å²) in [5.74, 6) is -0.259. The van der Waals surface area contributed by atoms with Crippen molar-refractivity contribution < 1.29 is 4.79 Å². The average molecular weight is 389 g/mol. The Morgan fingerprint density at radius 1 is 1.11 bits per heavy atom. The van der Waals surface area contributed by atoms with E-state index in [-0.39, 0.29) is 18.0 Å². The van der Waals surface area contributed by atoms with Gasteiger partial charge in [-0.1, -0.05) is 42.5 Å². The number of anilines is 1. The van der Waals surface area contributed by atoms with E-state index in [0.717, 1.165) is 21.6 Å². The van der Waals surface area contributed by atoms with E-state index in [1.54, 1.807) is 0 Å². The van der Waals surface area contributed by atoms with Crippen LogP contribution in [0.25, 0.3) is 20.7 Å². The number of amides is 1. The van der Waals surface area contributed by atoms with Crippen molar-refractivity contribution in [1.82, 2.24) is 9.55 Å². The Morgan fingerprint density at radius 2 is 1.89 bits per heavy atom. The minimum Gasteiger partial charge on any atom is -0.325 e. The molecule has 0 fully saturated rings. The lowest BCUT2D eigenvalue weighted by molar-refractivity contribution is -0.116. The number of hydrogen-bond donors (Lipinski definition) is 1. The lowest BCUT2D eigenvalue weighted by Gasteiger charge is -2.08. The third-order valence-electron chi connectivity index (χ3n) is 4.57. The summed E-state index contributed by atoms with van der Waals surface area (Å²) in [5.41, 5.74) is 3.54. The summed E-state index contributed by atoms with van der Waals surface area (Å²) in [5, 5.41) is 3.41. The molecule has 0 aliphatic carbocycles. The zero-order valence-electron chi connectivity index (χ0n) is 15.6.